The summed E-state index contributed by atoms with van der Waals surface area (Å²) in [5, 5.41) is 11.2. The number of ether oxygens (including phenoxy) is 2. The second kappa shape index (κ2) is 10.0. The van der Waals surface area contributed by atoms with Gasteiger partial charge in [-0.25, -0.2) is 9.59 Å². The maximum atomic E-state index is 12.8. The minimum absolute atomic E-state index is 0.00557. The van der Waals surface area contributed by atoms with Crippen LogP contribution in [0.25, 0.3) is 0 Å². The quantitative estimate of drug-likeness (QED) is 0.250. The fraction of sp³-hybridized carbons (Fsp3) is 0.826. The number of amides is 1. The molecule has 1 aliphatic rings. The van der Waals surface area contributed by atoms with Crippen LogP contribution in [0.5, 0.6) is 0 Å². The minimum Gasteiger partial charge on any atom is -0.467 e. The molecule has 31 heavy (non-hydrogen) atoms. The van der Waals surface area contributed by atoms with E-state index in [9.17, 15) is 14.7 Å². The van der Waals surface area contributed by atoms with Crippen molar-refractivity contribution < 1.29 is 28.6 Å². The molecule has 1 amide bonds. The molecule has 1 N–H and O–H groups in total. The van der Waals surface area contributed by atoms with Gasteiger partial charge >= 0.3 is 12.1 Å². The van der Waals surface area contributed by atoms with E-state index in [0.29, 0.717) is 25.9 Å². The molecule has 3 atom stereocenters. The van der Waals surface area contributed by atoms with Crippen LogP contribution < -0.4 is 0 Å². The average Bonchev–Trinajstić information content (AvgIpc) is 2.89. The van der Waals surface area contributed by atoms with Crippen molar-refractivity contribution >= 4 is 20.4 Å². The third-order valence-corrected chi connectivity index (χ3v) is 11.1. The lowest BCUT2D eigenvalue weighted by Gasteiger charge is -2.39. The molecule has 0 aromatic rings. The standard InChI is InChI=1S/C23H43NO6Si/c1-11-13-23(14-12-15-29-31(9,10)22(5,6)7)17(25)16-24(18(23)19(26)28-8)20(27)30-21(2,3)4/h11,17-18,25H,1,12-16H2,2-10H3/t17?,18-,23+/m1/s1. The normalized spacial score (nSPS) is 24.8. The SMILES string of the molecule is C=CC[C@]1(CCCO[Si](C)(C)C(C)(C)C)C(O)CN(C(=O)OC(C)(C)C)[C@@H]1C(=O)OC. The number of aliphatic hydroxyl groups is 1. The van der Waals surface area contributed by atoms with Gasteiger partial charge in [-0.2, -0.15) is 0 Å². The number of methoxy groups -OCH3 is 1. The molecule has 8 heteroatoms. The molecular formula is C23H43NO6Si. The van der Waals surface area contributed by atoms with Crippen LogP contribution in [0.3, 0.4) is 0 Å². The Kier molecular flexibility index (Phi) is 8.96. The van der Waals surface area contributed by atoms with Crippen molar-refractivity contribution in [3.8, 4) is 0 Å². The Morgan fingerprint density at radius 3 is 2.26 bits per heavy atom. The monoisotopic (exact) mass is 457 g/mol. The smallest absolute Gasteiger partial charge is 0.411 e. The number of carbonyl (C=O) groups is 2. The Bertz CT molecular complexity index is 651. The molecule has 0 aromatic heterocycles. The van der Waals surface area contributed by atoms with Gasteiger partial charge in [0.25, 0.3) is 0 Å². The van der Waals surface area contributed by atoms with Crippen LogP contribution in [0.4, 0.5) is 4.79 Å². The lowest BCUT2D eigenvalue weighted by Crippen LogP contribution is -2.51. The van der Waals surface area contributed by atoms with E-state index < -0.39 is 43.5 Å². The van der Waals surface area contributed by atoms with Gasteiger partial charge in [-0.1, -0.05) is 26.8 Å². The summed E-state index contributed by atoms with van der Waals surface area (Å²) in [7, 11) is -0.613. The molecule has 1 rings (SSSR count). The van der Waals surface area contributed by atoms with Gasteiger partial charge < -0.3 is 19.0 Å². The minimum atomic E-state index is -1.90. The van der Waals surface area contributed by atoms with Crippen LogP contribution in [0, 0.1) is 5.41 Å². The predicted molar refractivity (Wildman–Crippen MR) is 124 cm³/mol. The number of aliphatic hydroxyl groups excluding tert-OH is 1. The summed E-state index contributed by atoms with van der Waals surface area (Å²) in [5.41, 5.74) is -1.62. The molecule has 0 aromatic carbocycles. The number of nitrogens with zero attached hydrogens (tertiary/aromatic N) is 1. The van der Waals surface area contributed by atoms with Crippen molar-refractivity contribution in [3.05, 3.63) is 12.7 Å². The molecule has 1 aliphatic heterocycles. The van der Waals surface area contributed by atoms with Crippen molar-refractivity contribution in [2.24, 2.45) is 5.41 Å². The van der Waals surface area contributed by atoms with Gasteiger partial charge in [0, 0.05) is 12.0 Å². The second-order valence-electron chi connectivity index (χ2n) is 11.0. The number of esters is 1. The molecule has 1 saturated heterocycles. The Hall–Kier alpha value is -1.38. The van der Waals surface area contributed by atoms with E-state index >= 15 is 0 Å². The zero-order chi connectivity index (χ0) is 24.3. The Morgan fingerprint density at radius 1 is 1.23 bits per heavy atom. The predicted octanol–water partition coefficient (Wildman–Crippen LogP) is 4.50. The van der Waals surface area contributed by atoms with Crippen LogP contribution >= 0.6 is 0 Å². The lowest BCUT2D eigenvalue weighted by molar-refractivity contribution is -0.150. The van der Waals surface area contributed by atoms with Crippen molar-refractivity contribution in [2.75, 3.05) is 20.3 Å². The first kappa shape index (κ1) is 27.7. The molecule has 0 spiro atoms. The van der Waals surface area contributed by atoms with Gasteiger partial charge in [0.1, 0.15) is 11.6 Å². The van der Waals surface area contributed by atoms with Gasteiger partial charge in [0.2, 0.25) is 0 Å². The van der Waals surface area contributed by atoms with Crippen LogP contribution in [0.1, 0.15) is 60.8 Å². The number of allylic oxidation sites excluding steroid dienone is 1. The highest BCUT2D eigenvalue weighted by Crippen LogP contribution is 2.46. The van der Waals surface area contributed by atoms with Crippen molar-refractivity contribution in [2.45, 2.75) is 96.7 Å². The number of likely N-dealkylation sites (tertiary alicyclic amines) is 1. The second-order valence-corrected chi connectivity index (χ2v) is 15.8. The third kappa shape index (κ3) is 6.55. The summed E-state index contributed by atoms with van der Waals surface area (Å²) in [4.78, 5) is 27.0. The van der Waals surface area contributed by atoms with Gasteiger partial charge in [-0.05, 0) is 58.2 Å². The van der Waals surface area contributed by atoms with Crippen LogP contribution in [-0.2, 0) is 18.7 Å². The molecular weight excluding hydrogens is 414 g/mol. The lowest BCUT2D eigenvalue weighted by atomic mass is 9.72. The maximum absolute atomic E-state index is 12.8. The molecule has 7 nitrogen and oxygen atoms in total. The molecule has 0 bridgehead atoms. The molecule has 0 saturated carbocycles. The third-order valence-electron chi connectivity index (χ3n) is 6.52. The molecule has 180 valence electrons. The van der Waals surface area contributed by atoms with Gasteiger partial charge in [-0.3, -0.25) is 4.90 Å². The van der Waals surface area contributed by atoms with Gasteiger partial charge in [0.05, 0.1) is 19.8 Å². The molecule has 0 aliphatic carbocycles. The highest BCUT2D eigenvalue weighted by molar-refractivity contribution is 6.74. The first-order chi connectivity index (χ1) is 14.0. The summed E-state index contributed by atoms with van der Waals surface area (Å²) in [5.74, 6) is -0.561. The van der Waals surface area contributed by atoms with E-state index in [1.165, 1.54) is 12.0 Å². The number of β-amino-alcohol motifs (C(OH)–C–C–N with tert-alkyl or cyclic N) is 1. The van der Waals surface area contributed by atoms with Crippen molar-refractivity contribution in [3.63, 3.8) is 0 Å². The molecule has 1 fully saturated rings. The highest BCUT2D eigenvalue weighted by atomic mass is 28.4. The fourth-order valence-corrected chi connectivity index (χ4v) is 4.89. The zero-order valence-corrected chi connectivity index (χ0v) is 21.9. The Labute approximate surface area is 189 Å². The van der Waals surface area contributed by atoms with E-state index in [4.69, 9.17) is 13.9 Å². The number of hydrogen-bond acceptors (Lipinski definition) is 6. The first-order valence-electron chi connectivity index (χ1n) is 11.0. The number of carbonyl (C=O) groups excluding carboxylic acids is 2. The van der Waals surface area contributed by atoms with E-state index in [-0.39, 0.29) is 11.6 Å². The highest BCUT2D eigenvalue weighted by Gasteiger charge is 2.58. The molecule has 0 radical (unpaired) electrons. The van der Waals surface area contributed by atoms with E-state index in [1.54, 1.807) is 26.8 Å². The van der Waals surface area contributed by atoms with Crippen LogP contribution in [-0.4, -0.2) is 68.4 Å². The van der Waals surface area contributed by atoms with Crippen LogP contribution in [0.15, 0.2) is 12.7 Å². The summed E-state index contributed by atoms with van der Waals surface area (Å²) in [6.07, 6.45) is 1.65. The van der Waals surface area contributed by atoms with E-state index in [2.05, 4.69) is 40.4 Å². The summed E-state index contributed by atoms with van der Waals surface area (Å²) in [6.45, 7) is 20.6. The van der Waals surface area contributed by atoms with E-state index in [1.807, 2.05) is 0 Å². The summed E-state index contributed by atoms with van der Waals surface area (Å²) in [6, 6.07) is -0.951. The average molecular weight is 458 g/mol. The Morgan fingerprint density at radius 2 is 1.81 bits per heavy atom. The van der Waals surface area contributed by atoms with Gasteiger partial charge in [0.15, 0.2) is 8.32 Å². The summed E-state index contributed by atoms with van der Waals surface area (Å²) < 4.78 is 16.8. The van der Waals surface area contributed by atoms with Gasteiger partial charge in [-0.15, -0.1) is 6.58 Å². The largest absolute Gasteiger partial charge is 0.467 e. The molecule has 1 heterocycles. The first-order valence-corrected chi connectivity index (χ1v) is 13.9. The van der Waals surface area contributed by atoms with Crippen LogP contribution in [0.2, 0.25) is 18.1 Å². The number of rotatable bonds is 8. The topological polar surface area (TPSA) is 85.3 Å². The maximum Gasteiger partial charge on any atom is 0.411 e. The molecule has 1 unspecified atom stereocenters. The van der Waals surface area contributed by atoms with E-state index in [0.717, 1.165) is 0 Å². The van der Waals surface area contributed by atoms with Crippen molar-refractivity contribution in [1.82, 2.24) is 4.90 Å². The Balaban J connectivity index is 3.12. The number of hydrogen-bond donors (Lipinski definition) is 1. The summed E-state index contributed by atoms with van der Waals surface area (Å²) >= 11 is 0. The zero-order valence-electron chi connectivity index (χ0n) is 20.9. The van der Waals surface area contributed by atoms with Crippen molar-refractivity contribution in [1.29, 1.82) is 0 Å². The fourth-order valence-electron chi connectivity index (χ4n) is 3.81.